The number of pyridine rings is 1. The lowest BCUT2D eigenvalue weighted by atomic mass is 10.0. The molecule has 166 valence electrons. The number of nitrogens with zero attached hydrogens (tertiary/aromatic N) is 5. The van der Waals surface area contributed by atoms with Gasteiger partial charge in [-0.3, -0.25) is 19.6 Å². The van der Waals surface area contributed by atoms with Crippen LogP contribution in [-0.4, -0.2) is 46.5 Å². The minimum Gasteiger partial charge on any atom is -0.497 e. The lowest BCUT2D eigenvalue weighted by molar-refractivity contribution is -0.118. The van der Waals surface area contributed by atoms with Crippen molar-refractivity contribution < 1.29 is 9.53 Å². The topological polar surface area (TPSA) is 71.5 Å². The first-order chi connectivity index (χ1) is 15.5. The summed E-state index contributed by atoms with van der Waals surface area (Å²) in [5.41, 5.74) is 4.16. The van der Waals surface area contributed by atoms with E-state index in [4.69, 9.17) is 14.7 Å². The number of hydrogen-bond donors (Lipinski definition) is 0. The summed E-state index contributed by atoms with van der Waals surface area (Å²) >= 11 is 0. The molecule has 0 N–H and O–H groups in total. The number of fused-ring (bicyclic) bond motifs is 1. The van der Waals surface area contributed by atoms with Gasteiger partial charge in [0.1, 0.15) is 17.4 Å². The van der Waals surface area contributed by atoms with Crippen molar-refractivity contribution in [2.24, 2.45) is 0 Å². The first kappa shape index (κ1) is 21.9. The number of hydrogen-bond acceptors (Lipinski definition) is 6. The fraction of sp³-hybridized carbons (Fsp3) is 0.360. The molecule has 0 saturated carbocycles. The van der Waals surface area contributed by atoms with Crippen LogP contribution in [0.4, 0.5) is 5.82 Å². The summed E-state index contributed by atoms with van der Waals surface area (Å²) in [7, 11) is 3.69. The van der Waals surface area contributed by atoms with Crippen molar-refractivity contribution in [3.05, 3.63) is 77.0 Å². The first-order valence-electron chi connectivity index (χ1n) is 10.9. The molecule has 4 rings (SSSR count). The van der Waals surface area contributed by atoms with E-state index < -0.39 is 0 Å². The Balaban J connectivity index is 1.52. The van der Waals surface area contributed by atoms with Crippen molar-refractivity contribution in [2.75, 3.05) is 25.6 Å². The van der Waals surface area contributed by atoms with Crippen LogP contribution in [0.2, 0.25) is 0 Å². The van der Waals surface area contributed by atoms with E-state index in [1.54, 1.807) is 13.3 Å². The van der Waals surface area contributed by atoms with Crippen LogP contribution in [0.1, 0.15) is 34.8 Å². The molecule has 1 aliphatic rings. The van der Waals surface area contributed by atoms with Gasteiger partial charge in [-0.25, -0.2) is 9.97 Å². The number of carbonyl (C=O) groups is 1. The lowest BCUT2D eigenvalue weighted by Gasteiger charge is -2.30. The highest BCUT2D eigenvalue weighted by atomic mass is 16.5. The molecule has 0 radical (unpaired) electrons. The van der Waals surface area contributed by atoms with Gasteiger partial charge in [0.2, 0.25) is 5.91 Å². The third kappa shape index (κ3) is 5.11. The highest BCUT2D eigenvalue weighted by Gasteiger charge is 2.28. The van der Waals surface area contributed by atoms with Crippen LogP contribution in [0.15, 0.2) is 48.7 Å². The molecule has 7 heteroatoms. The Labute approximate surface area is 189 Å². The number of aromatic nitrogens is 3. The van der Waals surface area contributed by atoms with Crippen LogP contribution in [0, 0.1) is 6.92 Å². The number of carbonyl (C=O) groups excluding carboxylic acids is 1. The zero-order valence-electron chi connectivity index (χ0n) is 18.9. The standard InChI is InChI=1S/C25H29N5O2/c1-18-22-10-11-24(31)30(14-12-19-7-6-9-21(15-19)32-3)25(22)28-23(27-18)17-29(2)16-20-8-4-5-13-26-20/h4-9,13,15H,10-12,14,16-17H2,1-3H3. The Kier molecular flexibility index (Phi) is 6.75. The van der Waals surface area contributed by atoms with E-state index in [1.165, 1.54) is 0 Å². The maximum Gasteiger partial charge on any atom is 0.228 e. The van der Waals surface area contributed by atoms with Crippen molar-refractivity contribution in [3.63, 3.8) is 0 Å². The molecule has 1 aliphatic heterocycles. The number of methoxy groups -OCH3 is 1. The van der Waals surface area contributed by atoms with E-state index in [9.17, 15) is 4.79 Å². The molecule has 1 aromatic carbocycles. The lowest BCUT2D eigenvalue weighted by Crippen LogP contribution is -2.38. The fourth-order valence-corrected chi connectivity index (χ4v) is 4.07. The minimum absolute atomic E-state index is 0.117. The second-order valence-corrected chi connectivity index (χ2v) is 8.17. The van der Waals surface area contributed by atoms with Gasteiger partial charge >= 0.3 is 0 Å². The zero-order valence-corrected chi connectivity index (χ0v) is 18.9. The molecule has 3 heterocycles. The third-order valence-electron chi connectivity index (χ3n) is 5.71. The van der Waals surface area contributed by atoms with Crippen molar-refractivity contribution in [1.82, 2.24) is 19.9 Å². The molecule has 2 aromatic heterocycles. The summed E-state index contributed by atoms with van der Waals surface area (Å²) < 4.78 is 5.32. The molecule has 0 atom stereocenters. The van der Waals surface area contributed by atoms with E-state index in [1.807, 2.05) is 55.3 Å². The molecule has 0 spiro atoms. The Morgan fingerprint density at radius 2 is 1.97 bits per heavy atom. The average molecular weight is 432 g/mol. The normalized spacial score (nSPS) is 13.4. The van der Waals surface area contributed by atoms with Crippen molar-refractivity contribution in [1.29, 1.82) is 0 Å². The molecule has 3 aromatic rings. The summed E-state index contributed by atoms with van der Waals surface area (Å²) in [6, 6.07) is 13.9. The van der Waals surface area contributed by atoms with Crippen LogP contribution in [-0.2, 0) is 30.7 Å². The summed E-state index contributed by atoms with van der Waals surface area (Å²) in [6.45, 7) is 3.89. The molecular formula is C25H29N5O2. The summed E-state index contributed by atoms with van der Waals surface area (Å²) in [5.74, 6) is 2.43. The first-order valence-corrected chi connectivity index (χ1v) is 10.9. The van der Waals surface area contributed by atoms with Gasteiger partial charge in [-0.15, -0.1) is 0 Å². The number of ether oxygens (including phenoxy) is 1. The largest absolute Gasteiger partial charge is 0.497 e. The van der Waals surface area contributed by atoms with Gasteiger partial charge < -0.3 is 4.74 Å². The van der Waals surface area contributed by atoms with Crippen LogP contribution in [0.5, 0.6) is 5.75 Å². The van der Waals surface area contributed by atoms with Gasteiger partial charge in [-0.1, -0.05) is 18.2 Å². The van der Waals surface area contributed by atoms with Gasteiger partial charge in [-0.2, -0.15) is 0 Å². The second kappa shape index (κ2) is 9.87. The van der Waals surface area contributed by atoms with Crippen molar-refractivity contribution >= 4 is 11.7 Å². The Hall–Kier alpha value is -3.32. The van der Waals surface area contributed by atoms with Crippen LogP contribution < -0.4 is 9.64 Å². The molecule has 32 heavy (non-hydrogen) atoms. The maximum atomic E-state index is 12.8. The quantitative estimate of drug-likeness (QED) is 0.545. The third-order valence-corrected chi connectivity index (χ3v) is 5.71. The van der Waals surface area contributed by atoms with Gasteiger partial charge in [0.15, 0.2) is 0 Å². The molecule has 0 fully saturated rings. The van der Waals surface area contributed by atoms with Gasteiger partial charge in [0.05, 0.1) is 19.3 Å². The smallest absolute Gasteiger partial charge is 0.228 e. The van der Waals surface area contributed by atoms with E-state index in [0.29, 0.717) is 32.5 Å². The minimum atomic E-state index is 0.117. The monoisotopic (exact) mass is 431 g/mol. The highest BCUT2D eigenvalue weighted by molar-refractivity contribution is 5.95. The molecular weight excluding hydrogens is 402 g/mol. The second-order valence-electron chi connectivity index (χ2n) is 8.17. The highest BCUT2D eigenvalue weighted by Crippen LogP contribution is 2.28. The van der Waals surface area contributed by atoms with Crippen LogP contribution in [0.3, 0.4) is 0 Å². The van der Waals surface area contributed by atoms with E-state index in [-0.39, 0.29) is 5.91 Å². The molecule has 0 aliphatic carbocycles. The van der Waals surface area contributed by atoms with Gasteiger partial charge in [-0.05, 0) is 56.6 Å². The molecule has 0 saturated heterocycles. The number of rotatable bonds is 8. The molecule has 7 nitrogen and oxygen atoms in total. The Morgan fingerprint density at radius 3 is 2.75 bits per heavy atom. The summed E-state index contributed by atoms with van der Waals surface area (Å²) in [5, 5.41) is 0. The predicted molar refractivity (Wildman–Crippen MR) is 124 cm³/mol. The Bertz CT molecular complexity index is 1090. The number of benzene rings is 1. The summed E-state index contributed by atoms with van der Waals surface area (Å²) in [6.07, 6.45) is 3.73. The van der Waals surface area contributed by atoms with E-state index >= 15 is 0 Å². The molecule has 0 bridgehead atoms. The molecule has 0 unspecified atom stereocenters. The predicted octanol–water partition coefficient (Wildman–Crippen LogP) is 3.34. The number of aryl methyl sites for hydroxylation is 1. The van der Waals surface area contributed by atoms with E-state index in [2.05, 4.69) is 16.0 Å². The van der Waals surface area contributed by atoms with E-state index in [0.717, 1.165) is 46.3 Å². The molecule has 1 amide bonds. The van der Waals surface area contributed by atoms with Crippen molar-refractivity contribution in [3.8, 4) is 5.75 Å². The van der Waals surface area contributed by atoms with Crippen LogP contribution >= 0.6 is 0 Å². The van der Waals surface area contributed by atoms with Crippen molar-refractivity contribution in [2.45, 2.75) is 39.3 Å². The number of amides is 1. The Morgan fingerprint density at radius 1 is 1.09 bits per heavy atom. The fourth-order valence-electron chi connectivity index (χ4n) is 4.07. The average Bonchev–Trinajstić information content (AvgIpc) is 2.79. The summed E-state index contributed by atoms with van der Waals surface area (Å²) in [4.78, 5) is 30.7. The number of anilines is 1. The maximum absolute atomic E-state index is 12.8. The van der Waals surface area contributed by atoms with Gasteiger partial charge in [0, 0.05) is 37.0 Å². The van der Waals surface area contributed by atoms with Crippen LogP contribution in [0.25, 0.3) is 0 Å². The SMILES string of the molecule is COc1cccc(CCN2C(=O)CCc3c(C)nc(CN(C)Cc4ccccn4)nc32)c1. The van der Waals surface area contributed by atoms with Gasteiger partial charge in [0.25, 0.3) is 0 Å². The zero-order chi connectivity index (χ0) is 22.5.